The first kappa shape index (κ1) is 17.9. The van der Waals surface area contributed by atoms with Crippen molar-refractivity contribution >= 4 is 40.0 Å². The summed E-state index contributed by atoms with van der Waals surface area (Å²) in [5.41, 5.74) is 0.484. The van der Waals surface area contributed by atoms with Crippen LogP contribution in [0.1, 0.15) is 47.6 Å². The second-order valence-electron chi connectivity index (χ2n) is 5.99. The van der Waals surface area contributed by atoms with Crippen LogP contribution in [0.25, 0.3) is 0 Å². The number of nitrogens with one attached hydrogen (secondary N) is 2. The predicted octanol–water partition coefficient (Wildman–Crippen LogP) is 3.15. The summed E-state index contributed by atoms with van der Waals surface area (Å²) in [4.78, 5) is 24.1. The van der Waals surface area contributed by atoms with Crippen LogP contribution in [-0.4, -0.2) is 33.8 Å². The van der Waals surface area contributed by atoms with Gasteiger partial charge in [-0.2, -0.15) is 0 Å². The van der Waals surface area contributed by atoms with Crippen molar-refractivity contribution in [3.63, 3.8) is 0 Å². The van der Waals surface area contributed by atoms with E-state index in [2.05, 4.69) is 20.8 Å². The zero-order valence-corrected chi connectivity index (χ0v) is 15.8. The topological polar surface area (TPSA) is 97.1 Å². The molecular weight excluding hydrogens is 360 g/mol. The van der Waals surface area contributed by atoms with Gasteiger partial charge in [-0.25, -0.2) is 0 Å². The van der Waals surface area contributed by atoms with Crippen molar-refractivity contribution < 1.29 is 14.0 Å². The number of aromatic nitrogens is 2. The average molecular weight is 380 g/mol. The van der Waals surface area contributed by atoms with Crippen LogP contribution in [0.2, 0.25) is 0 Å². The molecule has 7 nitrogen and oxygen atoms in total. The molecule has 0 spiro atoms. The molecule has 0 aliphatic heterocycles. The largest absolute Gasteiger partial charge is 0.466 e. The van der Waals surface area contributed by atoms with Gasteiger partial charge in [0.05, 0.1) is 11.3 Å². The summed E-state index contributed by atoms with van der Waals surface area (Å²) in [6.07, 6.45) is 4.51. The standard InChI is InChI=1S/C16H20N4O3S2/c1-9-7-12(10(2)23-9)14(22)18-15-19-20-16(25-15)24-8-13(21)17-11-5-3-4-6-11/h7,11H,3-6,8H2,1-2H3,(H,17,21)(H,18,19,22). The van der Waals surface area contributed by atoms with Crippen LogP contribution >= 0.6 is 23.1 Å². The maximum Gasteiger partial charge on any atom is 0.261 e. The summed E-state index contributed by atoms with van der Waals surface area (Å²) < 4.78 is 6.01. The molecule has 2 aromatic heterocycles. The van der Waals surface area contributed by atoms with E-state index in [9.17, 15) is 9.59 Å². The lowest BCUT2D eigenvalue weighted by Crippen LogP contribution is -2.33. The summed E-state index contributed by atoms with van der Waals surface area (Å²) in [5, 5.41) is 14.1. The fourth-order valence-corrected chi connectivity index (χ4v) is 4.36. The third kappa shape index (κ3) is 4.82. The highest BCUT2D eigenvalue weighted by molar-refractivity contribution is 8.01. The maximum atomic E-state index is 12.2. The second-order valence-corrected chi connectivity index (χ2v) is 8.19. The van der Waals surface area contributed by atoms with E-state index in [0.29, 0.717) is 38.3 Å². The Morgan fingerprint density at radius 1 is 1.32 bits per heavy atom. The number of hydrogen-bond donors (Lipinski definition) is 2. The lowest BCUT2D eigenvalue weighted by atomic mass is 10.2. The van der Waals surface area contributed by atoms with Crippen molar-refractivity contribution in [1.29, 1.82) is 0 Å². The van der Waals surface area contributed by atoms with Gasteiger partial charge in [0.25, 0.3) is 5.91 Å². The molecule has 1 fully saturated rings. The van der Waals surface area contributed by atoms with Gasteiger partial charge >= 0.3 is 0 Å². The van der Waals surface area contributed by atoms with Gasteiger partial charge in [0.15, 0.2) is 4.34 Å². The minimum Gasteiger partial charge on any atom is -0.466 e. The number of aryl methyl sites for hydroxylation is 2. The summed E-state index contributed by atoms with van der Waals surface area (Å²) in [6.45, 7) is 3.53. The van der Waals surface area contributed by atoms with E-state index in [1.165, 1.54) is 35.9 Å². The zero-order chi connectivity index (χ0) is 17.8. The highest BCUT2D eigenvalue weighted by Gasteiger charge is 2.18. The van der Waals surface area contributed by atoms with Crippen LogP contribution in [-0.2, 0) is 4.79 Å². The normalized spacial score (nSPS) is 14.6. The van der Waals surface area contributed by atoms with Crippen molar-refractivity contribution in [3.05, 3.63) is 23.2 Å². The molecular formula is C16H20N4O3S2. The molecule has 134 valence electrons. The van der Waals surface area contributed by atoms with Crippen LogP contribution in [0.15, 0.2) is 14.8 Å². The number of nitrogens with zero attached hydrogens (tertiary/aromatic N) is 2. The number of amides is 2. The molecule has 1 aliphatic carbocycles. The minimum atomic E-state index is -0.277. The zero-order valence-electron chi connectivity index (χ0n) is 14.1. The number of thioether (sulfide) groups is 1. The van der Waals surface area contributed by atoms with Crippen molar-refractivity contribution in [1.82, 2.24) is 15.5 Å². The molecule has 2 N–H and O–H groups in total. The van der Waals surface area contributed by atoms with Gasteiger partial charge in [0.2, 0.25) is 11.0 Å². The number of rotatable bonds is 6. The van der Waals surface area contributed by atoms with Crippen LogP contribution in [0.5, 0.6) is 0 Å². The molecule has 1 aliphatic rings. The van der Waals surface area contributed by atoms with Crippen LogP contribution in [0.3, 0.4) is 0 Å². The molecule has 0 radical (unpaired) electrons. The lowest BCUT2D eigenvalue weighted by molar-refractivity contribution is -0.119. The monoisotopic (exact) mass is 380 g/mol. The molecule has 2 heterocycles. The fraction of sp³-hybridized carbons (Fsp3) is 0.500. The highest BCUT2D eigenvalue weighted by Crippen LogP contribution is 2.26. The van der Waals surface area contributed by atoms with E-state index in [0.717, 1.165) is 12.8 Å². The Hall–Kier alpha value is -1.87. The van der Waals surface area contributed by atoms with Crippen molar-refractivity contribution in [2.24, 2.45) is 0 Å². The maximum absolute atomic E-state index is 12.2. The fourth-order valence-electron chi connectivity index (χ4n) is 2.81. The van der Waals surface area contributed by atoms with Crippen molar-refractivity contribution in [2.75, 3.05) is 11.1 Å². The molecule has 0 atom stereocenters. The Labute approximate surface area is 154 Å². The van der Waals surface area contributed by atoms with Gasteiger partial charge in [0.1, 0.15) is 11.5 Å². The van der Waals surface area contributed by atoms with E-state index in [1.54, 1.807) is 19.9 Å². The smallest absolute Gasteiger partial charge is 0.261 e. The van der Waals surface area contributed by atoms with Gasteiger partial charge in [-0.1, -0.05) is 35.9 Å². The minimum absolute atomic E-state index is 0.0159. The number of furan rings is 1. The molecule has 0 unspecified atom stereocenters. The predicted molar refractivity (Wildman–Crippen MR) is 97.2 cm³/mol. The third-order valence-electron chi connectivity index (χ3n) is 3.96. The molecule has 1 saturated carbocycles. The van der Waals surface area contributed by atoms with Gasteiger partial charge in [-0.05, 0) is 32.8 Å². The summed E-state index contributed by atoms with van der Waals surface area (Å²) in [6, 6.07) is 2.01. The number of carbonyl (C=O) groups excluding carboxylic acids is 2. The molecule has 2 amide bonds. The van der Waals surface area contributed by atoms with Crippen LogP contribution < -0.4 is 10.6 Å². The Balaban J connectivity index is 1.49. The van der Waals surface area contributed by atoms with E-state index in [-0.39, 0.29) is 11.8 Å². The lowest BCUT2D eigenvalue weighted by Gasteiger charge is -2.10. The first-order valence-corrected chi connectivity index (χ1v) is 9.95. The second kappa shape index (κ2) is 8.01. The summed E-state index contributed by atoms with van der Waals surface area (Å²) >= 11 is 2.58. The SMILES string of the molecule is Cc1cc(C(=O)Nc2nnc(SCC(=O)NC3CCCC3)s2)c(C)o1. The third-order valence-corrected chi connectivity index (χ3v) is 5.93. The van der Waals surface area contributed by atoms with Crippen molar-refractivity contribution in [2.45, 2.75) is 49.9 Å². The van der Waals surface area contributed by atoms with Gasteiger partial charge in [-0.15, -0.1) is 10.2 Å². The molecule has 0 aromatic carbocycles. The van der Waals surface area contributed by atoms with Gasteiger partial charge < -0.3 is 9.73 Å². The first-order valence-electron chi connectivity index (χ1n) is 8.15. The van der Waals surface area contributed by atoms with E-state index in [1.807, 2.05) is 0 Å². The average Bonchev–Trinajstić information content (AvgIpc) is 3.28. The van der Waals surface area contributed by atoms with E-state index >= 15 is 0 Å². The summed E-state index contributed by atoms with van der Waals surface area (Å²) in [5.74, 6) is 1.30. The van der Waals surface area contributed by atoms with Crippen LogP contribution in [0, 0.1) is 13.8 Å². The Bertz CT molecular complexity index is 765. The quantitative estimate of drug-likeness (QED) is 0.590. The van der Waals surface area contributed by atoms with Gasteiger partial charge in [0, 0.05) is 6.04 Å². The Morgan fingerprint density at radius 2 is 2.08 bits per heavy atom. The molecule has 0 saturated heterocycles. The van der Waals surface area contributed by atoms with E-state index < -0.39 is 0 Å². The molecule has 9 heteroatoms. The van der Waals surface area contributed by atoms with Crippen molar-refractivity contribution in [3.8, 4) is 0 Å². The Kier molecular flexibility index (Phi) is 5.74. The molecule has 3 rings (SSSR count). The first-order chi connectivity index (χ1) is 12.0. The number of hydrogen-bond acceptors (Lipinski definition) is 7. The summed E-state index contributed by atoms with van der Waals surface area (Å²) in [7, 11) is 0. The highest BCUT2D eigenvalue weighted by atomic mass is 32.2. The van der Waals surface area contributed by atoms with E-state index in [4.69, 9.17) is 4.42 Å². The number of anilines is 1. The van der Waals surface area contributed by atoms with Gasteiger partial charge in [-0.3, -0.25) is 14.9 Å². The Morgan fingerprint density at radius 3 is 2.76 bits per heavy atom. The molecule has 0 bridgehead atoms. The van der Waals surface area contributed by atoms with Crippen LogP contribution in [0.4, 0.5) is 5.13 Å². The molecule has 2 aromatic rings. The number of carbonyl (C=O) groups is 2. The molecule has 25 heavy (non-hydrogen) atoms.